The Morgan fingerprint density at radius 3 is 2.92 bits per heavy atom. The molecule has 0 saturated carbocycles. The van der Waals surface area contributed by atoms with Gasteiger partial charge in [0, 0.05) is 13.5 Å². The van der Waals surface area contributed by atoms with Crippen molar-refractivity contribution in [3.05, 3.63) is 70.5 Å². The average Bonchev–Trinajstić information content (AvgIpc) is 3.17. The van der Waals surface area contributed by atoms with E-state index in [-0.39, 0.29) is 5.91 Å². The Morgan fingerprint density at radius 2 is 2.08 bits per heavy atom. The number of aromatic nitrogens is 1. The molecule has 1 aliphatic heterocycles. The number of fused-ring (bicyclic) bond motifs is 1. The van der Waals surface area contributed by atoms with E-state index in [2.05, 4.69) is 27.4 Å². The molecule has 0 atom stereocenters. The maximum atomic E-state index is 12.2. The van der Waals surface area contributed by atoms with Crippen molar-refractivity contribution in [2.24, 2.45) is 4.99 Å². The van der Waals surface area contributed by atoms with Crippen LogP contribution < -0.4 is 5.32 Å². The third kappa shape index (κ3) is 3.70. The van der Waals surface area contributed by atoms with Gasteiger partial charge >= 0.3 is 0 Å². The number of carbonyl (C=O) groups is 1. The first-order valence-corrected chi connectivity index (χ1v) is 9.15. The Balaban J connectivity index is 1.46. The molecular formula is C20H17N3O2S. The summed E-state index contributed by atoms with van der Waals surface area (Å²) in [6.07, 6.45) is 2.69. The molecule has 4 rings (SSSR count). The summed E-state index contributed by atoms with van der Waals surface area (Å²) in [6, 6.07) is 15.9. The number of oxazole rings is 1. The van der Waals surface area contributed by atoms with Gasteiger partial charge in [-0.05, 0) is 47.5 Å². The second kappa shape index (κ2) is 7.17. The molecule has 0 bridgehead atoms. The summed E-state index contributed by atoms with van der Waals surface area (Å²) in [6.45, 7) is 2.46. The lowest BCUT2D eigenvalue weighted by Gasteiger charge is -1.98. The van der Waals surface area contributed by atoms with Gasteiger partial charge < -0.3 is 9.73 Å². The van der Waals surface area contributed by atoms with Crippen LogP contribution in [0.3, 0.4) is 0 Å². The standard InChI is InChI=1S/C20H17N3O2S/c1-13-22-16-8-7-15(11-17(16)25-13)12-18-19(24)23-20(26-18)21-10-9-14-5-3-2-4-6-14/h2-8,11-12H,9-10H2,1H3,(H,21,23,24)/b18-12+. The molecule has 26 heavy (non-hydrogen) atoms. The number of amidine groups is 1. The number of nitrogens with one attached hydrogen (secondary N) is 1. The number of benzene rings is 2. The van der Waals surface area contributed by atoms with Gasteiger partial charge in [0.25, 0.3) is 5.91 Å². The molecular weight excluding hydrogens is 346 g/mol. The van der Waals surface area contributed by atoms with Crippen molar-refractivity contribution in [2.45, 2.75) is 13.3 Å². The third-order valence-corrected chi connectivity index (χ3v) is 4.91. The Hall–Kier alpha value is -2.86. The van der Waals surface area contributed by atoms with Crippen LogP contribution in [0, 0.1) is 6.92 Å². The molecule has 1 N–H and O–H groups in total. The number of carbonyl (C=O) groups excluding carboxylic acids is 1. The molecule has 2 heterocycles. The lowest BCUT2D eigenvalue weighted by Crippen LogP contribution is -2.20. The molecule has 1 fully saturated rings. The largest absolute Gasteiger partial charge is 0.441 e. The predicted octanol–water partition coefficient (Wildman–Crippen LogP) is 3.94. The highest BCUT2D eigenvalue weighted by molar-refractivity contribution is 8.18. The summed E-state index contributed by atoms with van der Waals surface area (Å²) in [5.41, 5.74) is 3.67. The summed E-state index contributed by atoms with van der Waals surface area (Å²) in [7, 11) is 0. The highest BCUT2D eigenvalue weighted by Crippen LogP contribution is 2.27. The fourth-order valence-electron chi connectivity index (χ4n) is 2.73. The van der Waals surface area contributed by atoms with Crippen LogP contribution in [0.2, 0.25) is 0 Å². The first-order chi connectivity index (χ1) is 12.7. The fourth-order valence-corrected chi connectivity index (χ4v) is 3.58. The van der Waals surface area contributed by atoms with Crippen LogP contribution in [0.1, 0.15) is 17.0 Å². The van der Waals surface area contributed by atoms with Gasteiger partial charge in [0.2, 0.25) is 0 Å². The molecule has 6 heteroatoms. The van der Waals surface area contributed by atoms with Gasteiger partial charge in [0.1, 0.15) is 5.52 Å². The minimum atomic E-state index is -0.123. The van der Waals surface area contributed by atoms with E-state index < -0.39 is 0 Å². The van der Waals surface area contributed by atoms with E-state index in [0.29, 0.717) is 22.5 Å². The molecule has 0 aliphatic carbocycles. The van der Waals surface area contributed by atoms with Gasteiger partial charge in [-0.15, -0.1) is 0 Å². The van der Waals surface area contributed by atoms with Gasteiger partial charge in [-0.2, -0.15) is 0 Å². The monoisotopic (exact) mass is 363 g/mol. The van der Waals surface area contributed by atoms with Crippen LogP contribution in [0.4, 0.5) is 0 Å². The van der Waals surface area contributed by atoms with Crippen LogP contribution in [-0.2, 0) is 11.2 Å². The zero-order chi connectivity index (χ0) is 17.9. The molecule has 5 nitrogen and oxygen atoms in total. The summed E-state index contributed by atoms with van der Waals surface area (Å²) in [4.78, 5) is 21.6. The number of thioether (sulfide) groups is 1. The predicted molar refractivity (Wildman–Crippen MR) is 105 cm³/mol. The van der Waals surface area contributed by atoms with Crippen LogP contribution in [-0.4, -0.2) is 22.6 Å². The van der Waals surface area contributed by atoms with Crippen LogP contribution in [0.5, 0.6) is 0 Å². The zero-order valence-electron chi connectivity index (χ0n) is 14.2. The molecule has 2 aromatic carbocycles. The Kier molecular flexibility index (Phi) is 4.58. The van der Waals surface area contributed by atoms with Gasteiger partial charge in [0.05, 0.1) is 4.91 Å². The van der Waals surface area contributed by atoms with Crippen molar-refractivity contribution in [1.82, 2.24) is 10.3 Å². The third-order valence-electron chi connectivity index (χ3n) is 3.97. The van der Waals surface area contributed by atoms with Crippen LogP contribution in [0.15, 0.2) is 62.8 Å². The van der Waals surface area contributed by atoms with E-state index in [9.17, 15) is 4.79 Å². The SMILES string of the molecule is Cc1nc2ccc(/C=C3/SC(=NCCc4ccccc4)NC3=O)cc2o1. The second-order valence-electron chi connectivity index (χ2n) is 5.95. The van der Waals surface area contributed by atoms with Gasteiger partial charge in [0.15, 0.2) is 16.6 Å². The van der Waals surface area contributed by atoms with Crippen molar-refractivity contribution < 1.29 is 9.21 Å². The molecule has 1 aromatic heterocycles. The Morgan fingerprint density at radius 1 is 1.23 bits per heavy atom. The van der Waals surface area contributed by atoms with E-state index in [0.717, 1.165) is 23.1 Å². The molecule has 1 saturated heterocycles. The summed E-state index contributed by atoms with van der Waals surface area (Å²) in [5, 5.41) is 3.47. The first kappa shape index (κ1) is 16.6. The smallest absolute Gasteiger partial charge is 0.264 e. The van der Waals surface area contributed by atoms with Gasteiger partial charge in [-0.1, -0.05) is 36.4 Å². The molecule has 0 unspecified atom stereocenters. The number of amides is 1. The number of rotatable bonds is 4. The lowest BCUT2D eigenvalue weighted by molar-refractivity contribution is -0.115. The minimum Gasteiger partial charge on any atom is -0.441 e. The van der Waals surface area contributed by atoms with E-state index in [4.69, 9.17) is 4.42 Å². The first-order valence-electron chi connectivity index (χ1n) is 8.34. The normalized spacial score (nSPS) is 17.3. The van der Waals surface area contributed by atoms with Crippen molar-refractivity contribution in [3.63, 3.8) is 0 Å². The number of nitrogens with zero attached hydrogens (tertiary/aromatic N) is 2. The maximum absolute atomic E-state index is 12.2. The highest BCUT2D eigenvalue weighted by Gasteiger charge is 2.23. The maximum Gasteiger partial charge on any atom is 0.264 e. The number of hydrogen-bond acceptors (Lipinski definition) is 5. The topological polar surface area (TPSA) is 67.5 Å². The summed E-state index contributed by atoms with van der Waals surface area (Å²) in [5.74, 6) is 0.507. The number of aliphatic imine (C=N–C) groups is 1. The Bertz CT molecular complexity index is 1020. The van der Waals surface area contributed by atoms with Crippen molar-refractivity contribution >= 4 is 40.0 Å². The van der Waals surface area contributed by atoms with Crippen LogP contribution >= 0.6 is 11.8 Å². The lowest BCUT2D eigenvalue weighted by atomic mass is 10.2. The minimum absolute atomic E-state index is 0.123. The van der Waals surface area contributed by atoms with E-state index in [1.165, 1.54) is 17.3 Å². The van der Waals surface area contributed by atoms with Gasteiger partial charge in [-0.3, -0.25) is 9.79 Å². The highest BCUT2D eigenvalue weighted by atomic mass is 32.2. The molecule has 1 amide bonds. The summed E-state index contributed by atoms with van der Waals surface area (Å²) < 4.78 is 5.54. The van der Waals surface area contributed by atoms with Gasteiger partial charge in [-0.25, -0.2) is 4.98 Å². The van der Waals surface area contributed by atoms with Crippen molar-refractivity contribution in [1.29, 1.82) is 0 Å². The Labute approximate surface area is 155 Å². The molecule has 0 spiro atoms. The quantitative estimate of drug-likeness (QED) is 0.713. The molecule has 130 valence electrons. The summed E-state index contributed by atoms with van der Waals surface area (Å²) >= 11 is 1.36. The van der Waals surface area contributed by atoms with E-state index in [1.54, 1.807) is 0 Å². The number of aryl methyl sites for hydroxylation is 1. The molecule has 1 aliphatic rings. The average molecular weight is 363 g/mol. The van der Waals surface area contributed by atoms with Crippen LogP contribution in [0.25, 0.3) is 17.2 Å². The second-order valence-corrected chi connectivity index (χ2v) is 6.98. The van der Waals surface area contributed by atoms with Crippen molar-refractivity contribution in [2.75, 3.05) is 6.54 Å². The number of hydrogen-bond donors (Lipinski definition) is 1. The van der Waals surface area contributed by atoms with E-state index >= 15 is 0 Å². The molecule has 0 radical (unpaired) electrons. The fraction of sp³-hybridized carbons (Fsp3) is 0.150. The zero-order valence-corrected chi connectivity index (χ0v) is 15.0. The molecule has 3 aromatic rings. The van der Waals surface area contributed by atoms with E-state index in [1.807, 2.05) is 49.4 Å². The van der Waals surface area contributed by atoms with Crippen molar-refractivity contribution in [3.8, 4) is 0 Å².